The molecule has 0 aromatic rings. The van der Waals surface area contributed by atoms with Crippen molar-refractivity contribution in [3.63, 3.8) is 0 Å². The summed E-state index contributed by atoms with van der Waals surface area (Å²) in [5.74, 6) is 0. The van der Waals surface area contributed by atoms with Crippen LogP contribution in [0.1, 0.15) is 32.6 Å². The zero-order valence-electron chi connectivity index (χ0n) is 6.77. The van der Waals surface area contributed by atoms with E-state index >= 15 is 0 Å². The van der Waals surface area contributed by atoms with E-state index in [-0.39, 0.29) is 0 Å². The minimum atomic E-state index is 0.375. The van der Waals surface area contributed by atoms with E-state index in [1.165, 1.54) is 25.8 Å². The van der Waals surface area contributed by atoms with Gasteiger partial charge in [-0.2, -0.15) is 0 Å². The quantitative estimate of drug-likeness (QED) is 0.600. The SMILES string of the molecule is CCC(N)C1CCCCN1. The molecule has 1 saturated heterocycles. The first-order valence-corrected chi connectivity index (χ1v) is 4.33. The normalized spacial score (nSPS) is 30.0. The summed E-state index contributed by atoms with van der Waals surface area (Å²) < 4.78 is 0. The van der Waals surface area contributed by atoms with Crippen molar-refractivity contribution < 1.29 is 0 Å². The molecule has 0 aromatic carbocycles. The first kappa shape index (κ1) is 8.02. The van der Waals surface area contributed by atoms with Gasteiger partial charge in [-0.3, -0.25) is 0 Å². The van der Waals surface area contributed by atoms with Gasteiger partial charge < -0.3 is 11.1 Å². The Morgan fingerprint density at radius 3 is 2.90 bits per heavy atom. The van der Waals surface area contributed by atoms with Gasteiger partial charge in [0.2, 0.25) is 0 Å². The Labute approximate surface area is 63.2 Å². The minimum absolute atomic E-state index is 0.375. The molecule has 60 valence electrons. The van der Waals surface area contributed by atoms with Crippen molar-refractivity contribution in [2.75, 3.05) is 6.54 Å². The van der Waals surface area contributed by atoms with Crippen LogP contribution in [0.5, 0.6) is 0 Å². The van der Waals surface area contributed by atoms with Gasteiger partial charge in [0.15, 0.2) is 0 Å². The molecule has 2 atom stereocenters. The van der Waals surface area contributed by atoms with Crippen LogP contribution < -0.4 is 11.1 Å². The monoisotopic (exact) mass is 142 g/mol. The van der Waals surface area contributed by atoms with Crippen molar-refractivity contribution >= 4 is 0 Å². The summed E-state index contributed by atoms with van der Waals surface area (Å²) in [5, 5.41) is 3.44. The highest BCUT2D eigenvalue weighted by molar-refractivity contribution is 4.80. The molecule has 0 radical (unpaired) electrons. The number of rotatable bonds is 2. The third-order valence-electron chi connectivity index (χ3n) is 2.34. The summed E-state index contributed by atoms with van der Waals surface area (Å²) in [7, 11) is 0. The topological polar surface area (TPSA) is 38.0 Å². The third kappa shape index (κ3) is 1.96. The molecule has 0 bridgehead atoms. The molecule has 10 heavy (non-hydrogen) atoms. The van der Waals surface area contributed by atoms with Crippen molar-refractivity contribution in [3.05, 3.63) is 0 Å². The maximum Gasteiger partial charge on any atom is 0.0218 e. The molecular formula is C8H18N2. The first-order chi connectivity index (χ1) is 4.84. The number of nitrogens with one attached hydrogen (secondary N) is 1. The molecule has 1 fully saturated rings. The van der Waals surface area contributed by atoms with Gasteiger partial charge in [-0.25, -0.2) is 0 Å². The molecule has 0 aliphatic carbocycles. The second-order valence-electron chi connectivity index (χ2n) is 3.13. The fourth-order valence-electron chi connectivity index (χ4n) is 1.53. The molecule has 0 amide bonds. The molecule has 2 unspecified atom stereocenters. The highest BCUT2D eigenvalue weighted by Gasteiger charge is 2.17. The number of nitrogens with two attached hydrogens (primary N) is 1. The minimum Gasteiger partial charge on any atom is -0.326 e. The number of piperidine rings is 1. The van der Waals surface area contributed by atoms with Crippen LogP contribution >= 0.6 is 0 Å². The number of hydrogen-bond donors (Lipinski definition) is 2. The maximum atomic E-state index is 5.89. The first-order valence-electron chi connectivity index (χ1n) is 4.33. The highest BCUT2D eigenvalue weighted by atomic mass is 15.0. The Balaban J connectivity index is 2.24. The molecule has 0 saturated carbocycles. The Morgan fingerprint density at radius 2 is 2.40 bits per heavy atom. The van der Waals surface area contributed by atoms with Gasteiger partial charge in [-0.1, -0.05) is 13.3 Å². The second kappa shape index (κ2) is 3.94. The summed E-state index contributed by atoms with van der Waals surface area (Å²) in [6.07, 6.45) is 5.05. The lowest BCUT2D eigenvalue weighted by molar-refractivity contribution is 0.344. The summed E-state index contributed by atoms with van der Waals surface area (Å²) in [4.78, 5) is 0. The summed E-state index contributed by atoms with van der Waals surface area (Å²) in [6.45, 7) is 3.32. The van der Waals surface area contributed by atoms with Crippen molar-refractivity contribution in [3.8, 4) is 0 Å². The molecule has 0 aromatic heterocycles. The molecule has 2 heteroatoms. The van der Waals surface area contributed by atoms with E-state index in [0.29, 0.717) is 12.1 Å². The summed E-state index contributed by atoms with van der Waals surface area (Å²) >= 11 is 0. The van der Waals surface area contributed by atoms with Crippen LogP contribution in [0.15, 0.2) is 0 Å². The Hall–Kier alpha value is -0.0800. The van der Waals surface area contributed by atoms with E-state index in [1.54, 1.807) is 0 Å². The summed E-state index contributed by atoms with van der Waals surface area (Å²) in [5.41, 5.74) is 5.89. The maximum absolute atomic E-state index is 5.89. The summed E-state index contributed by atoms with van der Waals surface area (Å²) in [6, 6.07) is 0.971. The standard InChI is InChI=1S/C8H18N2/c1-2-7(9)8-5-3-4-6-10-8/h7-8,10H,2-6,9H2,1H3. The van der Waals surface area contributed by atoms with Gasteiger partial charge in [0, 0.05) is 12.1 Å². The van der Waals surface area contributed by atoms with Crippen LogP contribution in [0.2, 0.25) is 0 Å². The van der Waals surface area contributed by atoms with Crippen molar-refractivity contribution in [1.29, 1.82) is 0 Å². The van der Waals surface area contributed by atoms with Crippen LogP contribution in [0.4, 0.5) is 0 Å². The van der Waals surface area contributed by atoms with E-state index in [4.69, 9.17) is 5.73 Å². The number of hydrogen-bond acceptors (Lipinski definition) is 2. The van der Waals surface area contributed by atoms with Gasteiger partial charge in [-0.15, -0.1) is 0 Å². The van der Waals surface area contributed by atoms with Crippen LogP contribution in [0, 0.1) is 0 Å². The lowest BCUT2D eigenvalue weighted by atomic mass is 9.97. The third-order valence-corrected chi connectivity index (χ3v) is 2.34. The van der Waals surface area contributed by atoms with Crippen molar-refractivity contribution in [1.82, 2.24) is 5.32 Å². The fourth-order valence-corrected chi connectivity index (χ4v) is 1.53. The lowest BCUT2D eigenvalue weighted by Gasteiger charge is -2.27. The van der Waals surface area contributed by atoms with E-state index in [0.717, 1.165) is 6.42 Å². The molecule has 1 aliphatic heterocycles. The van der Waals surface area contributed by atoms with Gasteiger partial charge in [0.25, 0.3) is 0 Å². The van der Waals surface area contributed by atoms with Gasteiger partial charge in [0.05, 0.1) is 0 Å². The van der Waals surface area contributed by atoms with Crippen LogP contribution in [-0.2, 0) is 0 Å². The second-order valence-corrected chi connectivity index (χ2v) is 3.13. The van der Waals surface area contributed by atoms with Gasteiger partial charge in [-0.05, 0) is 25.8 Å². The van der Waals surface area contributed by atoms with E-state index in [2.05, 4.69) is 12.2 Å². The predicted octanol–water partition coefficient (Wildman–Crippen LogP) is 0.866. The van der Waals surface area contributed by atoms with Crippen LogP contribution in [-0.4, -0.2) is 18.6 Å². The molecule has 2 nitrogen and oxygen atoms in total. The van der Waals surface area contributed by atoms with Gasteiger partial charge >= 0.3 is 0 Å². The zero-order chi connectivity index (χ0) is 7.40. The lowest BCUT2D eigenvalue weighted by Crippen LogP contribution is -2.47. The van der Waals surface area contributed by atoms with E-state index < -0.39 is 0 Å². The molecule has 1 aliphatic rings. The molecule has 1 heterocycles. The molecule has 3 N–H and O–H groups in total. The smallest absolute Gasteiger partial charge is 0.0218 e. The van der Waals surface area contributed by atoms with Crippen molar-refractivity contribution in [2.45, 2.75) is 44.7 Å². The largest absolute Gasteiger partial charge is 0.326 e. The van der Waals surface area contributed by atoms with E-state index in [9.17, 15) is 0 Å². The molecule has 1 rings (SSSR count). The van der Waals surface area contributed by atoms with Crippen LogP contribution in [0.25, 0.3) is 0 Å². The van der Waals surface area contributed by atoms with E-state index in [1.807, 2.05) is 0 Å². The average molecular weight is 142 g/mol. The highest BCUT2D eigenvalue weighted by Crippen LogP contribution is 2.10. The Kier molecular flexibility index (Phi) is 3.16. The molecular weight excluding hydrogens is 124 g/mol. The Morgan fingerprint density at radius 1 is 1.60 bits per heavy atom. The fraction of sp³-hybridized carbons (Fsp3) is 1.00. The van der Waals surface area contributed by atoms with Crippen LogP contribution in [0.3, 0.4) is 0 Å². The average Bonchev–Trinajstić information content (AvgIpc) is 2.05. The molecule has 0 spiro atoms. The predicted molar refractivity (Wildman–Crippen MR) is 43.9 cm³/mol. The van der Waals surface area contributed by atoms with Crippen molar-refractivity contribution in [2.24, 2.45) is 5.73 Å². The van der Waals surface area contributed by atoms with Gasteiger partial charge in [0.1, 0.15) is 0 Å². The Bertz CT molecular complexity index is 87.3. The zero-order valence-corrected chi connectivity index (χ0v) is 6.77.